The maximum Gasteiger partial charge on any atom is 0.211 e. The lowest BCUT2D eigenvalue weighted by Gasteiger charge is -2.31. The number of hydrogen-bond donors (Lipinski definition) is 0. The van der Waals surface area contributed by atoms with Gasteiger partial charge in [-0.15, -0.1) is 0 Å². The third-order valence-electron chi connectivity index (χ3n) is 12.0. The van der Waals surface area contributed by atoms with Gasteiger partial charge < -0.3 is 9.47 Å². The molecule has 4 rings (SSSR count). The van der Waals surface area contributed by atoms with Crippen LogP contribution in [-0.2, 0) is 38.7 Å². The summed E-state index contributed by atoms with van der Waals surface area (Å²) in [4.78, 5) is 36.6. The molecule has 2 atom stereocenters. The number of nitro groups is 1. The second-order valence-electron chi connectivity index (χ2n) is 18.3. The first-order valence-corrected chi connectivity index (χ1v) is 24.6. The van der Waals surface area contributed by atoms with E-state index in [1.165, 1.54) is 0 Å². The number of benzene rings is 2. The van der Waals surface area contributed by atoms with Crippen LogP contribution in [0.25, 0.3) is 0 Å². The fourth-order valence-electron chi connectivity index (χ4n) is 7.98. The Bertz CT molecular complexity index is 1920. The highest BCUT2D eigenvalue weighted by Gasteiger charge is 2.37. The Labute approximate surface area is 362 Å². The zero-order valence-corrected chi connectivity index (χ0v) is 39.1. The van der Waals surface area contributed by atoms with Gasteiger partial charge in [0.05, 0.1) is 26.9 Å². The zero-order chi connectivity index (χ0) is 44.3. The van der Waals surface area contributed by atoms with Gasteiger partial charge in [-0.1, -0.05) is 47.5 Å². The van der Waals surface area contributed by atoms with Crippen LogP contribution in [-0.4, -0.2) is 81.4 Å². The van der Waals surface area contributed by atoms with Crippen molar-refractivity contribution in [3.63, 3.8) is 0 Å². The van der Waals surface area contributed by atoms with Gasteiger partial charge in [0, 0.05) is 59.8 Å². The highest BCUT2D eigenvalue weighted by Crippen LogP contribution is 2.37. The molecule has 2 fully saturated rings. The average Bonchev–Trinajstić information content (AvgIpc) is 3.14. The first-order chi connectivity index (χ1) is 27.4. The third-order valence-corrected chi connectivity index (χ3v) is 18.0. The van der Waals surface area contributed by atoms with E-state index < -0.39 is 46.3 Å². The number of ketones is 2. The summed E-state index contributed by atoms with van der Waals surface area (Å²) < 4.78 is 59.3. The summed E-state index contributed by atoms with van der Waals surface area (Å²) in [5, 5.41) is 12.2. The summed E-state index contributed by atoms with van der Waals surface area (Å²) >= 11 is 12.2. The van der Waals surface area contributed by atoms with E-state index in [9.17, 15) is 36.5 Å². The number of Topliss-reactive ketones (excluding diaryl/α,β-unsaturated/α-hetero) is 2. The van der Waals surface area contributed by atoms with Crippen molar-refractivity contribution < 1.29 is 40.8 Å². The number of carbonyl (C=O) groups excluding carboxylic acids is 2. The molecule has 0 aromatic heterocycles. The van der Waals surface area contributed by atoms with Gasteiger partial charge >= 0.3 is 0 Å². The average molecular weight is 903 g/mol. The van der Waals surface area contributed by atoms with E-state index in [-0.39, 0.29) is 65.6 Å². The van der Waals surface area contributed by atoms with Crippen LogP contribution in [0.5, 0.6) is 0 Å². The minimum atomic E-state index is -3.18. The van der Waals surface area contributed by atoms with E-state index in [4.69, 9.17) is 32.7 Å². The van der Waals surface area contributed by atoms with Gasteiger partial charge in [0.25, 0.3) is 0 Å². The second-order valence-corrected chi connectivity index (χ2v) is 24.8. The number of hydrogen-bond acceptors (Lipinski definition) is 10. The van der Waals surface area contributed by atoms with Gasteiger partial charge in [0.15, 0.2) is 26.0 Å². The standard InChI is InChI=1S/C23H35ClO5S.C21H30ClNO5S/c1-23(2,3)30(26,27)15-16-9-11-17(12-10-16)21(25)14-20(22(28-4)29-5)18-7-6-8-19(24)13-18;1-21(2,3)29(27,28)14-15-7-9-16(10-8-15)20(24)12-18(13-23(25)26)17-5-4-6-19(22)11-17/h6-8,13,16-17,20,22H,9-12,14-15H2,1-5H3;4-6,11,15-16,18H,7-10,12-14H2,1-3H3. The SMILES string of the molecule is CC(C)(C)S(=O)(=O)CC1CCC(C(=O)CC(C[N+](=O)[O-])c2cccc(Cl)c2)CC1.COC(OC)C(CC(=O)C1CCC(CS(=O)(=O)C(C)(C)C)CC1)c1cccc(Cl)c1. The molecular formula is C44H65Cl2NO10S2. The summed E-state index contributed by atoms with van der Waals surface area (Å²) in [6.07, 6.45) is 5.56. The molecule has 0 heterocycles. The Morgan fingerprint density at radius 2 is 1.08 bits per heavy atom. The highest BCUT2D eigenvalue weighted by atomic mass is 35.5. The van der Waals surface area contributed by atoms with Gasteiger partial charge in [-0.25, -0.2) is 16.8 Å². The van der Waals surface area contributed by atoms with Crippen LogP contribution < -0.4 is 0 Å². The zero-order valence-electron chi connectivity index (χ0n) is 36.0. The molecule has 2 aromatic rings. The Balaban J connectivity index is 0.000000316. The van der Waals surface area contributed by atoms with Crippen molar-refractivity contribution in [1.82, 2.24) is 0 Å². The molecular weight excluding hydrogens is 838 g/mol. The molecule has 0 amide bonds. The van der Waals surface area contributed by atoms with E-state index >= 15 is 0 Å². The van der Waals surface area contributed by atoms with E-state index in [1.807, 2.05) is 18.2 Å². The molecule has 0 saturated heterocycles. The van der Waals surface area contributed by atoms with Crippen molar-refractivity contribution in [2.45, 2.75) is 133 Å². The molecule has 0 radical (unpaired) electrons. The van der Waals surface area contributed by atoms with Crippen molar-refractivity contribution in [3.05, 3.63) is 79.8 Å². The Hall–Kier alpha value is -2.42. The summed E-state index contributed by atoms with van der Waals surface area (Å²) in [6, 6.07) is 14.3. The van der Waals surface area contributed by atoms with Crippen LogP contribution >= 0.6 is 23.2 Å². The molecule has 0 spiro atoms. The first-order valence-electron chi connectivity index (χ1n) is 20.6. The lowest BCUT2D eigenvalue weighted by Crippen LogP contribution is -2.35. The number of carbonyl (C=O) groups is 2. The quantitative estimate of drug-likeness (QED) is 0.0848. The number of ether oxygens (including phenoxy) is 2. The summed E-state index contributed by atoms with van der Waals surface area (Å²) in [5.41, 5.74) is 1.61. The lowest BCUT2D eigenvalue weighted by molar-refractivity contribution is -0.483. The normalized spacial score (nSPS) is 21.5. The fourth-order valence-corrected chi connectivity index (χ4v) is 11.3. The molecule has 2 aromatic carbocycles. The van der Waals surface area contributed by atoms with Crippen LogP contribution in [0.2, 0.25) is 10.0 Å². The minimum absolute atomic E-state index is 0.0222. The smallest absolute Gasteiger partial charge is 0.211 e. The van der Waals surface area contributed by atoms with Gasteiger partial charge in [-0.05, 0) is 140 Å². The molecule has 2 aliphatic carbocycles. The predicted molar refractivity (Wildman–Crippen MR) is 235 cm³/mol. The van der Waals surface area contributed by atoms with Gasteiger partial charge in [0.2, 0.25) is 6.54 Å². The summed E-state index contributed by atoms with van der Waals surface area (Å²) in [6.45, 7) is 10.1. The summed E-state index contributed by atoms with van der Waals surface area (Å²) in [5.74, 6) is -0.183. The van der Waals surface area contributed by atoms with Crippen molar-refractivity contribution in [1.29, 1.82) is 0 Å². The maximum atomic E-state index is 13.1. The topological polar surface area (TPSA) is 164 Å². The fraction of sp³-hybridized carbons (Fsp3) is 0.682. The van der Waals surface area contributed by atoms with Gasteiger partial charge in [-0.2, -0.15) is 0 Å². The Kier molecular flexibility index (Phi) is 19.1. The van der Waals surface area contributed by atoms with Crippen molar-refractivity contribution >= 4 is 54.4 Å². The first kappa shape index (κ1) is 50.9. The molecule has 15 heteroatoms. The number of methoxy groups -OCH3 is 2. The molecule has 59 heavy (non-hydrogen) atoms. The van der Waals surface area contributed by atoms with Gasteiger partial charge in [-0.3, -0.25) is 19.7 Å². The van der Waals surface area contributed by atoms with Crippen molar-refractivity contribution in [3.8, 4) is 0 Å². The second kappa shape index (κ2) is 22.1. The minimum Gasteiger partial charge on any atom is -0.355 e. The van der Waals surface area contributed by atoms with E-state index in [0.29, 0.717) is 47.7 Å². The lowest BCUT2D eigenvalue weighted by atomic mass is 9.78. The third kappa shape index (κ3) is 15.5. The largest absolute Gasteiger partial charge is 0.355 e. The van der Waals surface area contributed by atoms with Crippen LogP contribution in [0.15, 0.2) is 48.5 Å². The van der Waals surface area contributed by atoms with Crippen LogP contribution in [0.1, 0.15) is 129 Å². The Morgan fingerprint density at radius 3 is 1.46 bits per heavy atom. The molecule has 0 bridgehead atoms. The van der Waals surface area contributed by atoms with Crippen LogP contribution in [0, 0.1) is 33.8 Å². The number of rotatable bonds is 17. The van der Waals surface area contributed by atoms with Crippen LogP contribution in [0.3, 0.4) is 0 Å². The Morgan fingerprint density at radius 1 is 0.695 bits per heavy atom. The maximum absolute atomic E-state index is 13.1. The van der Waals surface area contributed by atoms with Crippen molar-refractivity contribution in [2.24, 2.45) is 23.7 Å². The molecule has 2 unspecified atom stereocenters. The molecule has 0 aliphatic heterocycles. The number of sulfone groups is 2. The van der Waals surface area contributed by atoms with Crippen molar-refractivity contribution in [2.75, 3.05) is 32.3 Å². The van der Waals surface area contributed by atoms with E-state index in [0.717, 1.165) is 31.2 Å². The molecule has 2 saturated carbocycles. The van der Waals surface area contributed by atoms with Gasteiger partial charge in [0.1, 0.15) is 11.6 Å². The molecule has 332 valence electrons. The predicted octanol–water partition coefficient (Wildman–Crippen LogP) is 9.70. The van der Waals surface area contributed by atoms with E-state index in [1.54, 1.807) is 86.1 Å². The monoisotopic (exact) mass is 901 g/mol. The highest BCUT2D eigenvalue weighted by molar-refractivity contribution is 7.93. The number of nitrogens with zero attached hydrogens (tertiary/aromatic N) is 1. The number of halogens is 2. The van der Waals surface area contributed by atoms with E-state index in [2.05, 4.69) is 0 Å². The van der Waals surface area contributed by atoms with Crippen LogP contribution in [0.4, 0.5) is 0 Å². The molecule has 11 nitrogen and oxygen atoms in total. The molecule has 2 aliphatic rings. The molecule has 0 N–H and O–H groups in total. The summed E-state index contributed by atoms with van der Waals surface area (Å²) in [7, 11) is -3.19.